The summed E-state index contributed by atoms with van der Waals surface area (Å²) in [6.07, 6.45) is 4.22. The molecule has 0 aliphatic heterocycles. The highest BCUT2D eigenvalue weighted by Crippen LogP contribution is 1.97. The fourth-order valence-corrected chi connectivity index (χ4v) is 0.680. The molecule has 0 amide bonds. The van der Waals surface area contributed by atoms with Crippen LogP contribution in [0.3, 0.4) is 0 Å². The van der Waals surface area contributed by atoms with E-state index in [0.29, 0.717) is 3.92 Å². The Bertz CT molecular complexity index is 45.9. The Balaban J connectivity index is 3.03. The van der Waals surface area contributed by atoms with E-state index in [-0.39, 0.29) is 0 Å². The molecule has 0 aliphatic carbocycles. The molecule has 0 aromatic heterocycles. The molecule has 0 saturated heterocycles. The van der Waals surface area contributed by atoms with Gasteiger partial charge in [-0.15, -0.1) is 0 Å². The molecule has 0 spiro atoms. The lowest BCUT2D eigenvalue weighted by atomic mass is 10.4. The molecule has 1 heteroatoms. The van der Waals surface area contributed by atoms with Gasteiger partial charge in [0.15, 0.2) is 0 Å². The molecule has 0 bridgehead atoms. The fraction of sp³-hybridized carbons (Fsp3) is 0.600. The van der Waals surface area contributed by atoms with Gasteiger partial charge in [-0.3, -0.25) is 0 Å². The van der Waals surface area contributed by atoms with Crippen LogP contribution in [0.2, 0.25) is 0 Å². The maximum Gasteiger partial charge on any atom is 0.0261 e. The summed E-state index contributed by atoms with van der Waals surface area (Å²) < 4.78 is 0.688. The molecule has 36 valence electrons. The highest BCUT2D eigenvalue weighted by molar-refractivity contribution is 14.1. The fourth-order valence-electron chi connectivity index (χ4n) is 0.265. The van der Waals surface area contributed by atoms with Crippen LogP contribution in [0.1, 0.15) is 13.8 Å². The van der Waals surface area contributed by atoms with Crippen molar-refractivity contribution >= 4 is 22.6 Å². The molecule has 0 aliphatic rings. The van der Waals surface area contributed by atoms with Crippen molar-refractivity contribution in [3.05, 3.63) is 12.2 Å². The van der Waals surface area contributed by atoms with Gasteiger partial charge in [-0.05, 0) is 13.8 Å². The van der Waals surface area contributed by atoms with E-state index < -0.39 is 0 Å². The Hall–Kier alpha value is 0.470. The Morgan fingerprint density at radius 1 is 1.67 bits per heavy atom. The van der Waals surface area contributed by atoms with Gasteiger partial charge in [0.2, 0.25) is 0 Å². The molecule has 0 aromatic rings. The van der Waals surface area contributed by atoms with Crippen molar-refractivity contribution in [1.82, 2.24) is 0 Å². The van der Waals surface area contributed by atoms with Gasteiger partial charge in [0, 0.05) is 3.92 Å². The van der Waals surface area contributed by atoms with Crippen molar-refractivity contribution in [2.75, 3.05) is 0 Å². The van der Waals surface area contributed by atoms with Gasteiger partial charge in [-0.2, -0.15) is 0 Å². The third-order valence-corrected chi connectivity index (χ3v) is 0.873. The van der Waals surface area contributed by atoms with Crippen LogP contribution in [-0.2, 0) is 0 Å². The maximum atomic E-state index is 2.36. The summed E-state index contributed by atoms with van der Waals surface area (Å²) in [4.78, 5) is 0. The topological polar surface area (TPSA) is 0 Å². The van der Waals surface area contributed by atoms with Crippen LogP contribution in [0.15, 0.2) is 12.2 Å². The highest BCUT2D eigenvalue weighted by atomic mass is 127. The van der Waals surface area contributed by atoms with E-state index in [2.05, 4.69) is 41.7 Å². The number of halogens is 1. The largest absolute Gasteiger partial charge is 0.0906 e. The number of allylic oxidation sites excluding steroid dienone is 2. The normalized spacial score (nSPS) is 15.8. The van der Waals surface area contributed by atoms with Crippen molar-refractivity contribution in [2.45, 2.75) is 17.8 Å². The standard InChI is InChI=1S/C5H9I/c1-3-4-5(2)6/h3-5H,1-2H3/b4-3+/t5-/m1/s1. The molecular weight excluding hydrogens is 187 g/mol. The van der Waals surface area contributed by atoms with E-state index in [9.17, 15) is 0 Å². The van der Waals surface area contributed by atoms with E-state index in [0.717, 1.165) is 0 Å². The van der Waals surface area contributed by atoms with Crippen LogP contribution >= 0.6 is 22.6 Å². The minimum atomic E-state index is 0.688. The van der Waals surface area contributed by atoms with E-state index in [4.69, 9.17) is 0 Å². The Morgan fingerprint density at radius 2 is 2.17 bits per heavy atom. The number of alkyl halides is 1. The van der Waals surface area contributed by atoms with Crippen LogP contribution in [-0.4, -0.2) is 3.92 Å². The molecule has 0 aromatic carbocycles. The third kappa shape index (κ3) is 4.47. The van der Waals surface area contributed by atoms with E-state index >= 15 is 0 Å². The van der Waals surface area contributed by atoms with Gasteiger partial charge < -0.3 is 0 Å². The van der Waals surface area contributed by atoms with Gasteiger partial charge in [-0.1, -0.05) is 34.7 Å². The summed E-state index contributed by atoms with van der Waals surface area (Å²) in [6.45, 7) is 4.19. The van der Waals surface area contributed by atoms with Crippen molar-refractivity contribution in [1.29, 1.82) is 0 Å². The van der Waals surface area contributed by atoms with Crippen LogP contribution in [0.4, 0.5) is 0 Å². The zero-order valence-corrected chi connectivity index (χ0v) is 6.27. The molecular formula is C5H9I. The van der Waals surface area contributed by atoms with Crippen LogP contribution in [0.5, 0.6) is 0 Å². The summed E-state index contributed by atoms with van der Waals surface area (Å²) in [5, 5.41) is 0. The van der Waals surface area contributed by atoms with Crippen molar-refractivity contribution in [3.8, 4) is 0 Å². The molecule has 0 fully saturated rings. The predicted octanol–water partition coefficient (Wildman–Crippen LogP) is 2.39. The van der Waals surface area contributed by atoms with E-state index in [1.807, 2.05) is 6.92 Å². The first kappa shape index (κ1) is 6.47. The molecule has 0 N–H and O–H groups in total. The minimum absolute atomic E-state index is 0.688. The zero-order chi connectivity index (χ0) is 4.99. The monoisotopic (exact) mass is 196 g/mol. The molecule has 0 nitrogen and oxygen atoms in total. The van der Waals surface area contributed by atoms with Crippen molar-refractivity contribution in [3.63, 3.8) is 0 Å². The summed E-state index contributed by atoms with van der Waals surface area (Å²) >= 11 is 2.36. The SMILES string of the molecule is C/C=C/[C@@H](C)I. The lowest BCUT2D eigenvalue weighted by Crippen LogP contribution is -1.75. The van der Waals surface area contributed by atoms with Gasteiger partial charge >= 0.3 is 0 Å². The lowest BCUT2D eigenvalue weighted by molar-refractivity contribution is 1.29. The van der Waals surface area contributed by atoms with Crippen molar-refractivity contribution < 1.29 is 0 Å². The molecule has 6 heavy (non-hydrogen) atoms. The predicted molar refractivity (Wildman–Crippen MR) is 38.3 cm³/mol. The zero-order valence-electron chi connectivity index (χ0n) is 4.11. The highest BCUT2D eigenvalue weighted by Gasteiger charge is 1.79. The smallest absolute Gasteiger partial charge is 0.0261 e. The molecule has 0 heterocycles. The molecule has 0 rings (SSSR count). The van der Waals surface area contributed by atoms with Crippen molar-refractivity contribution in [2.24, 2.45) is 0 Å². The summed E-state index contributed by atoms with van der Waals surface area (Å²) in [5.74, 6) is 0. The Labute approximate surface area is 52.8 Å². The Morgan fingerprint density at radius 3 is 2.17 bits per heavy atom. The maximum absolute atomic E-state index is 2.36. The second-order valence-corrected chi connectivity index (χ2v) is 3.17. The summed E-state index contributed by atoms with van der Waals surface area (Å²) in [6, 6.07) is 0. The average Bonchev–Trinajstić information content (AvgIpc) is 1.35. The first-order valence-electron chi connectivity index (χ1n) is 2.04. The number of hydrogen-bond donors (Lipinski definition) is 0. The lowest BCUT2D eigenvalue weighted by Gasteiger charge is -1.84. The number of hydrogen-bond acceptors (Lipinski definition) is 0. The van der Waals surface area contributed by atoms with Gasteiger partial charge in [0.05, 0.1) is 0 Å². The van der Waals surface area contributed by atoms with E-state index in [1.165, 1.54) is 0 Å². The van der Waals surface area contributed by atoms with E-state index in [1.54, 1.807) is 0 Å². The van der Waals surface area contributed by atoms with Crippen LogP contribution in [0.25, 0.3) is 0 Å². The number of rotatable bonds is 1. The molecule has 1 atom stereocenters. The quantitative estimate of drug-likeness (QED) is 0.343. The summed E-state index contributed by atoms with van der Waals surface area (Å²) in [5.41, 5.74) is 0. The third-order valence-electron chi connectivity index (χ3n) is 0.458. The average molecular weight is 196 g/mol. The minimum Gasteiger partial charge on any atom is -0.0906 e. The van der Waals surface area contributed by atoms with Gasteiger partial charge in [0.1, 0.15) is 0 Å². The van der Waals surface area contributed by atoms with Crippen LogP contribution < -0.4 is 0 Å². The molecule has 0 unspecified atom stereocenters. The summed E-state index contributed by atoms with van der Waals surface area (Å²) in [7, 11) is 0. The van der Waals surface area contributed by atoms with Crippen LogP contribution in [0, 0.1) is 0 Å². The molecule has 0 radical (unpaired) electrons. The van der Waals surface area contributed by atoms with Gasteiger partial charge in [0.25, 0.3) is 0 Å². The second-order valence-electron chi connectivity index (χ2n) is 1.20. The second kappa shape index (κ2) is 3.65. The first-order valence-corrected chi connectivity index (χ1v) is 3.29. The molecule has 0 saturated carbocycles. The first-order chi connectivity index (χ1) is 2.77. The van der Waals surface area contributed by atoms with Gasteiger partial charge in [-0.25, -0.2) is 0 Å². The Kier molecular flexibility index (Phi) is 3.94.